The van der Waals surface area contributed by atoms with Gasteiger partial charge in [0.1, 0.15) is 12.6 Å². The zero-order chi connectivity index (χ0) is 11.1. The number of aldehydes is 2. The number of anilines is 1. The van der Waals surface area contributed by atoms with Gasteiger partial charge in [0, 0.05) is 24.2 Å². The van der Waals surface area contributed by atoms with Crippen molar-refractivity contribution >= 4 is 24.7 Å². The highest BCUT2D eigenvalue weighted by molar-refractivity contribution is 5.79. The minimum atomic E-state index is 0.300. The van der Waals surface area contributed by atoms with E-state index in [1.165, 1.54) is 4.90 Å². The Kier molecular flexibility index (Phi) is 4.22. The first-order valence-corrected chi connectivity index (χ1v) is 4.52. The van der Waals surface area contributed by atoms with Crippen molar-refractivity contribution < 1.29 is 14.4 Å². The lowest BCUT2D eigenvalue weighted by molar-refractivity contribution is -0.108. The third-order valence-electron chi connectivity index (χ3n) is 1.98. The second-order valence-electron chi connectivity index (χ2n) is 2.96. The maximum absolute atomic E-state index is 10.7. The van der Waals surface area contributed by atoms with Gasteiger partial charge in [-0.2, -0.15) is 0 Å². The molecule has 1 aromatic carbocycles. The summed E-state index contributed by atoms with van der Waals surface area (Å²) in [6, 6.07) is 6.59. The topological polar surface area (TPSA) is 54.5 Å². The van der Waals surface area contributed by atoms with Crippen LogP contribution in [0.15, 0.2) is 24.3 Å². The molecule has 0 aliphatic rings. The van der Waals surface area contributed by atoms with E-state index in [-0.39, 0.29) is 0 Å². The SMILES string of the molecule is O=CCCN(C=O)c1ccc(C=O)cc1. The summed E-state index contributed by atoms with van der Waals surface area (Å²) in [5.74, 6) is 0. The summed E-state index contributed by atoms with van der Waals surface area (Å²) in [6.07, 6.45) is 2.46. The van der Waals surface area contributed by atoms with E-state index in [1.807, 2.05) is 0 Å². The van der Waals surface area contributed by atoms with Crippen molar-refractivity contribution in [2.75, 3.05) is 11.4 Å². The largest absolute Gasteiger partial charge is 0.315 e. The van der Waals surface area contributed by atoms with E-state index in [1.54, 1.807) is 24.3 Å². The Bertz CT molecular complexity index is 345. The van der Waals surface area contributed by atoms with Gasteiger partial charge in [-0.3, -0.25) is 9.59 Å². The van der Waals surface area contributed by atoms with Crippen LogP contribution in [0.3, 0.4) is 0 Å². The van der Waals surface area contributed by atoms with Gasteiger partial charge in [0.2, 0.25) is 6.41 Å². The van der Waals surface area contributed by atoms with Crippen LogP contribution in [0.5, 0.6) is 0 Å². The van der Waals surface area contributed by atoms with Crippen LogP contribution < -0.4 is 4.90 Å². The fourth-order valence-electron chi connectivity index (χ4n) is 1.18. The second-order valence-corrected chi connectivity index (χ2v) is 2.96. The monoisotopic (exact) mass is 205 g/mol. The van der Waals surface area contributed by atoms with Gasteiger partial charge in [0.05, 0.1) is 0 Å². The molecule has 1 amide bonds. The Morgan fingerprint density at radius 1 is 1.07 bits per heavy atom. The van der Waals surface area contributed by atoms with Crippen molar-refractivity contribution in [2.24, 2.45) is 0 Å². The molecule has 15 heavy (non-hydrogen) atoms. The van der Waals surface area contributed by atoms with Gasteiger partial charge < -0.3 is 9.69 Å². The number of amides is 1. The lowest BCUT2D eigenvalue weighted by atomic mass is 10.2. The van der Waals surface area contributed by atoms with Gasteiger partial charge in [-0.15, -0.1) is 0 Å². The standard InChI is InChI=1S/C11H11NO3/c13-7-1-6-12(9-15)11-4-2-10(8-14)3-5-11/h2-5,7-9H,1,6H2. The van der Waals surface area contributed by atoms with E-state index >= 15 is 0 Å². The molecular formula is C11H11NO3. The van der Waals surface area contributed by atoms with Gasteiger partial charge in [-0.25, -0.2) is 0 Å². The van der Waals surface area contributed by atoms with Crippen LogP contribution in [0.4, 0.5) is 5.69 Å². The Balaban J connectivity index is 2.77. The lowest BCUT2D eigenvalue weighted by Gasteiger charge is -2.15. The van der Waals surface area contributed by atoms with Gasteiger partial charge in [0.25, 0.3) is 0 Å². The third-order valence-corrected chi connectivity index (χ3v) is 1.98. The average Bonchev–Trinajstić information content (AvgIpc) is 2.31. The summed E-state index contributed by atoms with van der Waals surface area (Å²) in [5, 5.41) is 0. The van der Waals surface area contributed by atoms with Gasteiger partial charge in [-0.1, -0.05) is 0 Å². The molecule has 0 radical (unpaired) electrons. The van der Waals surface area contributed by atoms with Crippen LogP contribution in [0, 0.1) is 0 Å². The van der Waals surface area contributed by atoms with Crippen molar-refractivity contribution in [2.45, 2.75) is 6.42 Å². The van der Waals surface area contributed by atoms with Crippen molar-refractivity contribution in [3.05, 3.63) is 29.8 Å². The second kappa shape index (κ2) is 5.70. The Hall–Kier alpha value is -1.97. The maximum Gasteiger partial charge on any atom is 0.214 e. The van der Waals surface area contributed by atoms with Crippen LogP contribution in [0.2, 0.25) is 0 Å². The molecule has 1 rings (SSSR count). The van der Waals surface area contributed by atoms with E-state index in [2.05, 4.69) is 0 Å². The molecule has 0 fully saturated rings. The first-order chi connectivity index (χ1) is 7.31. The smallest absolute Gasteiger partial charge is 0.214 e. The molecule has 0 unspecified atom stereocenters. The molecule has 78 valence electrons. The predicted molar refractivity (Wildman–Crippen MR) is 55.9 cm³/mol. The molecule has 0 atom stereocenters. The molecule has 4 nitrogen and oxygen atoms in total. The van der Waals surface area contributed by atoms with Crippen molar-refractivity contribution in [3.8, 4) is 0 Å². The van der Waals surface area contributed by atoms with Crippen molar-refractivity contribution in [1.29, 1.82) is 0 Å². The van der Waals surface area contributed by atoms with E-state index in [4.69, 9.17) is 0 Å². The zero-order valence-electron chi connectivity index (χ0n) is 8.13. The van der Waals surface area contributed by atoms with E-state index in [0.29, 0.717) is 30.6 Å². The van der Waals surface area contributed by atoms with Gasteiger partial charge in [0.15, 0.2) is 0 Å². The molecule has 1 aromatic rings. The first kappa shape index (κ1) is 11.1. The molecule has 0 aliphatic carbocycles. The first-order valence-electron chi connectivity index (χ1n) is 4.52. The molecular weight excluding hydrogens is 194 g/mol. The van der Waals surface area contributed by atoms with Gasteiger partial charge in [-0.05, 0) is 24.3 Å². The van der Waals surface area contributed by atoms with Crippen LogP contribution in [-0.4, -0.2) is 25.5 Å². The van der Waals surface area contributed by atoms with Crippen LogP contribution >= 0.6 is 0 Å². The molecule has 0 aromatic heterocycles. The molecule has 4 heteroatoms. The molecule has 0 spiro atoms. The van der Waals surface area contributed by atoms with Crippen LogP contribution in [0.1, 0.15) is 16.8 Å². The number of carbonyl (C=O) groups is 3. The van der Waals surface area contributed by atoms with E-state index < -0.39 is 0 Å². The number of benzene rings is 1. The van der Waals surface area contributed by atoms with Crippen LogP contribution in [-0.2, 0) is 9.59 Å². The van der Waals surface area contributed by atoms with Crippen molar-refractivity contribution in [3.63, 3.8) is 0 Å². The minimum Gasteiger partial charge on any atom is -0.315 e. The quantitative estimate of drug-likeness (QED) is 0.652. The maximum atomic E-state index is 10.7. The summed E-state index contributed by atoms with van der Waals surface area (Å²) in [4.78, 5) is 32.7. The minimum absolute atomic E-state index is 0.300. The van der Waals surface area contributed by atoms with Crippen molar-refractivity contribution in [1.82, 2.24) is 0 Å². The lowest BCUT2D eigenvalue weighted by Crippen LogP contribution is -2.22. The van der Waals surface area contributed by atoms with Gasteiger partial charge >= 0.3 is 0 Å². The number of rotatable bonds is 6. The fourth-order valence-corrected chi connectivity index (χ4v) is 1.18. The zero-order valence-corrected chi connectivity index (χ0v) is 8.13. The molecule has 0 heterocycles. The van der Waals surface area contributed by atoms with E-state index in [0.717, 1.165) is 12.6 Å². The van der Waals surface area contributed by atoms with Crippen LogP contribution in [0.25, 0.3) is 0 Å². The molecule has 0 saturated heterocycles. The Labute approximate surface area is 87.5 Å². The highest BCUT2D eigenvalue weighted by atomic mass is 16.1. The summed E-state index contributed by atoms with van der Waals surface area (Å²) in [7, 11) is 0. The normalized spacial score (nSPS) is 9.33. The number of nitrogens with zero attached hydrogens (tertiary/aromatic N) is 1. The summed E-state index contributed by atoms with van der Waals surface area (Å²) in [5.41, 5.74) is 1.23. The number of hydrogen-bond acceptors (Lipinski definition) is 3. The summed E-state index contributed by atoms with van der Waals surface area (Å²) >= 11 is 0. The molecule has 0 saturated carbocycles. The fraction of sp³-hybridized carbons (Fsp3) is 0.182. The summed E-state index contributed by atoms with van der Waals surface area (Å²) in [6.45, 7) is 0.355. The summed E-state index contributed by atoms with van der Waals surface area (Å²) < 4.78 is 0. The number of hydrogen-bond donors (Lipinski definition) is 0. The molecule has 0 N–H and O–H groups in total. The Morgan fingerprint density at radius 3 is 2.20 bits per heavy atom. The predicted octanol–water partition coefficient (Wildman–Crippen LogP) is 1.05. The third kappa shape index (κ3) is 3.02. The molecule has 0 bridgehead atoms. The highest BCUT2D eigenvalue weighted by Gasteiger charge is 2.03. The number of carbonyl (C=O) groups excluding carboxylic acids is 3. The highest BCUT2D eigenvalue weighted by Crippen LogP contribution is 2.13. The Morgan fingerprint density at radius 2 is 1.73 bits per heavy atom. The van der Waals surface area contributed by atoms with E-state index in [9.17, 15) is 14.4 Å². The molecule has 0 aliphatic heterocycles. The average molecular weight is 205 g/mol.